The zero-order valence-electron chi connectivity index (χ0n) is 15.2. The maximum atomic E-state index is 12.9. The highest BCUT2D eigenvalue weighted by Crippen LogP contribution is 2.24. The number of piperazine rings is 1. The Morgan fingerprint density at radius 2 is 1.81 bits per heavy atom. The van der Waals surface area contributed by atoms with E-state index in [4.69, 9.17) is 4.52 Å². The molecule has 3 aromatic rings. The molecule has 0 amide bonds. The van der Waals surface area contributed by atoms with Gasteiger partial charge in [0.25, 0.3) is 0 Å². The van der Waals surface area contributed by atoms with Crippen LogP contribution in [0.1, 0.15) is 24.4 Å². The van der Waals surface area contributed by atoms with Gasteiger partial charge in [0.1, 0.15) is 11.4 Å². The molecule has 0 radical (unpaired) electrons. The van der Waals surface area contributed by atoms with Crippen molar-refractivity contribution >= 4 is 21.0 Å². The van der Waals surface area contributed by atoms with Crippen LogP contribution in [0, 0.1) is 0 Å². The SMILES string of the molecule is C[C@@H](c1ccccn1)N1CCN(S(=O)(=O)Cc2noc3ccccc23)CC1. The van der Waals surface area contributed by atoms with Crippen molar-refractivity contribution in [2.24, 2.45) is 0 Å². The maximum absolute atomic E-state index is 12.9. The minimum Gasteiger partial charge on any atom is -0.356 e. The highest BCUT2D eigenvalue weighted by atomic mass is 32.2. The van der Waals surface area contributed by atoms with E-state index in [2.05, 4.69) is 22.0 Å². The van der Waals surface area contributed by atoms with Crippen LogP contribution in [-0.2, 0) is 15.8 Å². The van der Waals surface area contributed by atoms with Crippen molar-refractivity contribution in [2.45, 2.75) is 18.7 Å². The molecule has 1 saturated heterocycles. The van der Waals surface area contributed by atoms with Gasteiger partial charge in [0, 0.05) is 43.8 Å². The molecular formula is C19H22N4O3S. The first-order valence-corrected chi connectivity index (χ1v) is 10.6. The summed E-state index contributed by atoms with van der Waals surface area (Å²) in [6.45, 7) is 4.39. The molecule has 4 rings (SSSR count). The summed E-state index contributed by atoms with van der Waals surface area (Å²) in [4.78, 5) is 6.67. The first-order chi connectivity index (χ1) is 13.0. The highest BCUT2D eigenvalue weighted by Gasteiger charge is 2.30. The minimum absolute atomic E-state index is 0.139. The van der Waals surface area contributed by atoms with Crippen molar-refractivity contribution in [3.05, 3.63) is 60.0 Å². The molecule has 1 aliphatic rings. The molecule has 142 valence electrons. The Balaban J connectivity index is 1.42. The second-order valence-corrected chi connectivity index (χ2v) is 8.72. The van der Waals surface area contributed by atoms with Gasteiger partial charge in [-0.3, -0.25) is 9.88 Å². The molecule has 0 aliphatic carbocycles. The van der Waals surface area contributed by atoms with E-state index in [-0.39, 0.29) is 11.8 Å². The van der Waals surface area contributed by atoms with E-state index >= 15 is 0 Å². The fourth-order valence-corrected chi connectivity index (χ4v) is 4.94. The van der Waals surface area contributed by atoms with Gasteiger partial charge >= 0.3 is 0 Å². The van der Waals surface area contributed by atoms with E-state index in [0.717, 1.165) is 11.1 Å². The molecule has 0 unspecified atom stereocenters. The summed E-state index contributed by atoms with van der Waals surface area (Å²) in [7, 11) is -3.44. The van der Waals surface area contributed by atoms with E-state index < -0.39 is 10.0 Å². The average molecular weight is 386 g/mol. The summed E-state index contributed by atoms with van der Waals surface area (Å²) >= 11 is 0. The Morgan fingerprint density at radius 3 is 2.56 bits per heavy atom. The van der Waals surface area contributed by atoms with Gasteiger partial charge in [-0.2, -0.15) is 4.31 Å². The second-order valence-electron chi connectivity index (χ2n) is 6.75. The molecule has 0 N–H and O–H groups in total. The number of aromatic nitrogens is 2. The van der Waals surface area contributed by atoms with Crippen molar-refractivity contribution < 1.29 is 12.9 Å². The number of hydrogen-bond donors (Lipinski definition) is 0. The van der Waals surface area contributed by atoms with E-state index in [9.17, 15) is 8.42 Å². The summed E-state index contributed by atoms with van der Waals surface area (Å²) in [5.41, 5.74) is 2.08. The van der Waals surface area contributed by atoms with Crippen LogP contribution in [0.15, 0.2) is 53.2 Å². The first-order valence-electron chi connectivity index (χ1n) is 9.01. The van der Waals surface area contributed by atoms with E-state index in [1.807, 2.05) is 36.4 Å². The molecular weight excluding hydrogens is 364 g/mol. The average Bonchev–Trinajstić information content (AvgIpc) is 3.10. The predicted octanol–water partition coefficient (Wildman–Crippen LogP) is 2.43. The Labute approximate surface area is 158 Å². The molecule has 7 nitrogen and oxygen atoms in total. The molecule has 2 aromatic heterocycles. The number of nitrogens with zero attached hydrogens (tertiary/aromatic N) is 4. The topological polar surface area (TPSA) is 79.5 Å². The highest BCUT2D eigenvalue weighted by molar-refractivity contribution is 7.88. The maximum Gasteiger partial charge on any atom is 0.220 e. The van der Waals surface area contributed by atoms with Gasteiger partial charge in [0.05, 0.1) is 5.69 Å². The lowest BCUT2D eigenvalue weighted by Gasteiger charge is -2.37. The Kier molecular flexibility index (Phi) is 4.94. The Morgan fingerprint density at radius 1 is 1.07 bits per heavy atom. The zero-order chi connectivity index (χ0) is 18.9. The fraction of sp³-hybridized carbons (Fsp3) is 0.368. The largest absolute Gasteiger partial charge is 0.356 e. The first kappa shape index (κ1) is 18.1. The van der Waals surface area contributed by atoms with E-state index in [1.54, 1.807) is 16.6 Å². The summed E-state index contributed by atoms with van der Waals surface area (Å²) in [6.07, 6.45) is 1.79. The molecule has 1 fully saturated rings. The van der Waals surface area contributed by atoms with Gasteiger partial charge in [0.2, 0.25) is 10.0 Å². The van der Waals surface area contributed by atoms with Gasteiger partial charge in [0.15, 0.2) is 5.58 Å². The van der Waals surface area contributed by atoms with Crippen molar-refractivity contribution in [2.75, 3.05) is 26.2 Å². The van der Waals surface area contributed by atoms with Crippen LogP contribution in [-0.4, -0.2) is 53.9 Å². The lowest BCUT2D eigenvalue weighted by atomic mass is 10.1. The van der Waals surface area contributed by atoms with Gasteiger partial charge < -0.3 is 4.52 Å². The number of para-hydroxylation sites is 1. The molecule has 0 spiro atoms. The quantitative estimate of drug-likeness (QED) is 0.670. The van der Waals surface area contributed by atoms with Crippen LogP contribution < -0.4 is 0 Å². The van der Waals surface area contributed by atoms with Crippen LogP contribution in [0.4, 0.5) is 0 Å². The van der Waals surface area contributed by atoms with Crippen LogP contribution in [0.3, 0.4) is 0 Å². The number of benzene rings is 1. The Bertz CT molecular complexity index is 1010. The predicted molar refractivity (Wildman–Crippen MR) is 102 cm³/mol. The summed E-state index contributed by atoms with van der Waals surface area (Å²) in [5, 5.41) is 4.71. The van der Waals surface area contributed by atoms with Crippen molar-refractivity contribution in [1.29, 1.82) is 0 Å². The number of sulfonamides is 1. The van der Waals surface area contributed by atoms with Crippen LogP contribution >= 0.6 is 0 Å². The number of fused-ring (bicyclic) bond motifs is 1. The standard InChI is InChI=1S/C19H22N4O3S/c1-15(17-7-4-5-9-20-17)22-10-12-23(13-11-22)27(24,25)14-18-16-6-2-3-8-19(16)26-21-18/h2-9,15H,10-14H2,1H3/t15-/m0/s1. The van der Waals surface area contributed by atoms with Gasteiger partial charge in [-0.15, -0.1) is 0 Å². The van der Waals surface area contributed by atoms with Gasteiger partial charge in [-0.25, -0.2) is 8.42 Å². The summed E-state index contributed by atoms with van der Waals surface area (Å²) in [5.74, 6) is -0.139. The number of hydrogen-bond acceptors (Lipinski definition) is 6. The molecule has 27 heavy (non-hydrogen) atoms. The smallest absolute Gasteiger partial charge is 0.220 e. The summed E-state index contributed by atoms with van der Waals surface area (Å²) < 4.78 is 32.5. The molecule has 3 heterocycles. The monoisotopic (exact) mass is 386 g/mol. The van der Waals surface area contributed by atoms with E-state index in [0.29, 0.717) is 37.5 Å². The van der Waals surface area contributed by atoms with Crippen LogP contribution in [0.25, 0.3) is 11.0 Å². The van der Waals surface area contributed by atoms with Crippen molar-refractivity contribution in [3.63, 3.8) is 0 Å². The lowest BCUT2D eigenvalue weighted by molar-refractivity contribution is 0.143. The molecule has 1 aliphatic heterocycles. The summed E-state index contributed by atoms with van der Waals surface area (Å²) in [6, 6.07) is 13.4. The van der Waals surface area contributed by atoms with Crippen molar-refractivity contribution in [3.8, 4) is 0 Å². The molecule has 8 heteroatoms. The lowest BCUT2D eigenvalue weighted by Crippen LogP contribution is -2.49. The minimum atomic E-state index is -3.44. The van der Waals surface area contributed by atoms with Gasteiger partial charge in [-0.05, 0) is 31.2 Å². The zero-order valence-corrected chi connectivity index (χ0v) is 16.0. The molecule has 1 atom stereocenters. The molecule has 0 saturated carbocycles. The number of rotatable bonds is 5. The van der Waals surface area contributed by atoms with Crippen LogP contribution in [0.5, 0.6) is 0 Å². The Hall–Kier alpha value is -2.29. The fourth-order valence-electron chi connectivity index (χ4n) is 3.49. The third-order valence-electron chi connectivity index (χ3n) is 5.10. The van der Waals surface area contributed by atoms with Crippen LogP contribution in [0.2, 0.25) is 0 Å². The molecule has 1 aromatic carbocycles. The van der Waals surface area contributed by atoms with Gasteiger partial charge in [-0.1, -0.05) is 23.4 Å². The number of pyridine rings is 1. The third kappa shape index (κ3) is 3.73. The second kappa shape index (κ2) is 7.38. The van der Waals surface area contributed by atoms with E-state index in [1.165, 1.54) is 0 Å². The molecule has 0 bridgehead atoms. The van der Waals surface area contributed by atoms with Crippen molar-refractivity contribution in [1.82, 2.24) is 19.3 Å². The third-order valence-corrected chi connectivity index (χ3v) is 6.89. The normalized spacial score (nSPS) is 18.0.